The molecular weight excluding hydrogens is 348 g/mol. The van der Waals surface area contributed by atoms with Crippen molar-refractivity contribution in [1.29, 1.82) is 0 Å². The number of rotatable bonds is 5. The van der Waals surface area contributed by atoms with Gasteiger partial charge in [-0.15, -0.1) is 0 Å². The number of nitro benzene ring substituents is 1. The first-order valence-corrected chi connectivity index (χ1v) is 8.18. The molecule has 1 aromatic heterocycles. The van der Waals surface area contributed by atoms with E-state index >= 15 is 0 Å². The highest BCUT2D eigenvalue weighted by Crippen LogP contribution is 2.30. The molecule has 0 saturated carbocycles. The Labute approximate surface area is 155 Å². The summed E-state index contributed by atoms with van der Waals surface area (Å²) < 4.78 is 7.18. The molecule has 1 N–H and O–H groups in total. The molecule has 0 spiro atoms. The number of nitrogens with one attached hydrogen (secondary N) is 1. The highest BCUT2D eigenvalue weighted by molar-refractivity contribution is 6.03. The van der Waals surface area contributed by atoms with Gasteiger partial charge in [-0.2, -0.15) is 5.10 Å². The van der Waals surface area contributed by atoms with E-state index in [1.807, 2.05) is 25.1 Å². The molecular formula is C19H18N4O4. The standard InChI is InChI=1S/C19H18N4O4/c1-12-5-4-6-16(7-12)27-17-10-14(9-15(11-17)23(25)26)20-19(24)18-8-13(2)21-22(18)3/h4-11H,1-3H3,(H,20,24). The third kappa shape index (κ3) is 4.30. The number of hydrogen-bond donors (Lipinski definition) is 1. The summed E-state index contributed by atoms with van der Waals surface area (Å²) in [4.78, 5) is 23.2. The number of nitro groups is 1. The molecule has 0 saturated heterocycles. The Bertz CT molecular complexity index is 1030. The minimum atomic E-state index is -0.535. The molecule has 1 heterocycles. The number of amides is 1. The molecule has 0 aliphatic rings. The zero-order chi connectivity index (χ0) is 19.6. The van der Waals surface area contributed by atoms with Crippen molar-refractivity contribution in [3.05, 3.63) is 75.6 Å². The molecule has 27 heavy (non-hydrogen) atoms. The largest absolute Gasteiger partial charge is 0.457 e. The van der Waals surface area contributed by atoms with Crippen molar-refractivity contribution in [3.63, 3.8) is 0 Å². The van der Waals surface area contributed by atoms with E-state index in [1.54, 1.807) is 26.1 Å². The quantitative estimate of drug-likeness (QED) is 0.544. The van der Waals surface area contributed by atoms with Crippen LogP contribution < -0.4 is 10.1 Å². The second-order valence-electron chi connectivity index (χ2n) is 6.14. The molecule has 0 aliphatic carbocycles. The molecule has 2 aromatic carbocycles. The van der Waals surface area contributed by atoms with Crippen LogP contribution in [0.4, 0.5) is 11.4 Å². The number of carbonyl (C=O) groups excluding carboxylic acids is 1. The second kappa shape index (κ2) is 7.28. The first-order valence-electron chi connectivity index (χ1n) is 8.18. The van der Waals surface area contributed by atoms with Gasteiger partial charge in [0, 0.05) is 19.2 Å². The van der Waals surface area contributed by atoms with E-state index in [1.165, 1.54) is 22.9 Å². The maximum absolute atomic E-state index is 12.5. The number of benzene rings is 2. The fourth-order valence-corrected chi connectivity index (χ4v) is 2.65. The van der Waals surface area contributed by atoms with Crippen LogP contribution in [0.3, 0.4) is 0 Å². The van der Waals surface area contributed by atoms with Crippen molar-refractivity contribution in [2.24, 2.45) is 7.05 Å². The molecule has 1 amide bonds. The lowest BCUT2D eigenvalue weighted by Crippen LogP contribution is -2.16. The van der Waals surface area contributed by atoms with Gasteiger partial charge in [-0.25, -0.2) is 0 Å². The lowest BCUT2D eigenvalue weighted by molar-refractivity contribution is -0.384. The van der Waals surface area contributed by atoms with Gasteiger partial charge in [-0.3, -0.25) is 19.6 Å². The molecule has 0 aliphatic heterocycles. The lowest BCUT2D eigenvalue weighted by atomic mass is 10.2. The Morgan fingerprint density at radius 3 is 2.56 bits per heavy atom. The maximum Gasteiger partial charge on any atom is 0.275 e. The predicted octanol–water partition coefficient (Wildman–Crippen LogP) is 3.99. The lowest BCUT2D eigenvalue weighted by Gasteiger charge is -2.10. The van der Waals surface area contributed by atoms with E-state index in [0.717, 1.165) is 5.56 Å². The zero-order valence-corrected chi connectivity index (χ0v) is 15.1. The van der Waals surface area contributed by atoms with Gasteiger partial charge < -0.3 is 10.1 Å². The minimum absolute atomic E-state index is 0.184. The number of hydrogen-bond acceptors (Lipinski definition) is 5. The third-order valence-corrected chi connectivity index (χ3v) is 3.82. The van der Waals surface area contributed by atoms with Crippen LogP contribution in [0, 0.1) is 24.0 Å². The Balaban J connectivity index is 1.90. The van der Waals surface area contributed by atoms with E-state index in [-0.39, 0.29) is 17.1 Å². The van der Waals surface area contributed by atoms with Crippen molar-refractivity contribution in [2.45, 2.75) is 13.8 Å². The summed E-state index contributed by atoms with van der Waals surface area (Å²) in [7, 11) is 1.65. The van der Waals surface area contributed by atoms with Crippen LogP contribution in [-0.2, 0) is 7.05 Å². The summed E-state index contributed by atoms with van der Waals surface area (Å²) >= 11 is 0. The number of aryl methyl sites for hydroxylation is 3. The zero-order valence-electron chi connectivity index (χ0n) is 15.1. The number of carbonyl (C=O) groups is 1. The summed E-state index contributed by atoms with van der Waals surface area (Å²) in [6.45, 7) is 3.69. The molecule has 8 heteroatoms. The Hall–Kier alpha value is -3.68. The molecule has 3 rings (SSSR count). The number of ether oxygens (including phenoxy) is 1. The third-order valence-electron chi connectivity index (χ3n) is 3.82. The van der Waals surface area contributed by atoms with E-state index in [4.69, 9.17) is 4.74 Å². The molecule has 8 nitrogen and oxygen atoms in total. The van der Waals surface area contributed by atoms with Gasteiger partial charge in [0.15, 0.2) is 0 Å². The summed E-state index contributed by atoms with van der Waals surface area (Å²) in [6, 6.07) is 13.1. The summed E-state index contributed by atoms with van der Waals surface area (Å²) in [6.07, 6.45) is 0. The predicted molar refractivity (Wildman–Crippen MR) is 100 cm³/mol. The van der Waals surface area contributed by atoms with Gasteiger partial charge >= 0.3 is 0 Å². The minimum Gasteiger partial charge on any atom is -0.457 e. The highest BCUT2D eigenvalue weighted by atomic mass is 16.6. The van der Waals surface area contributed by atoms with Crippen LogP contribution in [-0.4, -0.2) is 20.6 Å². The monoisotopic (exact) mass is 366 g/mol. The topological polar surface area (TPSA) is 99.3 Å². The van der Waals surface area contributed by atoms with Crippen molar-refractivity contribution >= 4 is 17.3 Å². The number of nitrogens with zero attached hydrogens (tertiary/aromatic N) is 3. The summed E-state index contributed by atoms with van der Waals surface area (Å²) in [5.74, 6) is 0.390. The van der Waals surface area contributed by atoms with Crippen molar-refractivity contribution in [2.75, 3.05) is 5.32 Å². The molecule has 0 atom stereocenters. The van der Waals surface area contributed by atoms with E-state index in [9.17, 15) is 14.9 Å². The van der Waals surface area contributed by atoms with Crippen molar-refractivity contribution in [1.82, 2.24) is 9.78 Å². The smallest absolute Gasteiger partial charge is 0.275 e. The van der Waals surface area contributed by atoms with Gasteiger partial charge in [0.2, 0.25) is 0 Å². The molecule has 0 bridgehead atoms. The molecule has 0 unspecified atom stereocenters. The normalized spacial score (nSPS) is 10.5. The average Bonchev–Trinajstić information content (AvgIpc) is 2.93. The molecule has 138 valence electrons. The van der Waals surface area contributed by atoms with Crippen LogP contribution in [0.2, 0.25) is 0 Å². The average molecular weight is 366 g/mol. The van der Waals surface area contributed by atoms with Crippen LogP contribution in [0.5, 0.6) is 11.5 Å². The Kier molecular flexibility index (Phi) is 4.89. The highest BCUT2D eigenvalue weighted by Gasteiger charge is 2.16. The van der Waals surface area contributed by atoms with Crippen LogP contribution in [0.25, 0.3) is 0 Å². The Morgan fingerprint density at radius 1 is 1.15 bits per heavy atom. The summed E-state index contributed by atoms with van der Waals surface area (Å²) in [5, 5.41) is 18.0. The van der Waals surface area contributed by atoms with Crippen molar-refractivity contribution in [3.8, 4) is 11.5 Å². The first-order chi connectivity index (χ1) is 12.8. The Morgan fingerprint density at radius 2 is 1.93 bits per heavy atom. The van der Waals surface area contributed by atoms with Gasteiger partial charge in [-0.05, 0) is 37.6 Å². The summed E-state index contributed by atoms with van der Waals surface area (Å²) in [5.41, 5.74) is 2.12. The van der Waals surface area contributed by atoms with Crippen molar-refractivity contribution < 1.29 is 14.5 Å². The number of anilines is 1. The van der Waals surface area contributed by atoms with Gasteiger partial charge in [-0.1, -0.05) is 12.1 Å². The van der Waals surface area contributed by atoms with Crippen LogP contribution in [0.15, 0.2) is 48.5 Å². The molecule has 0 fully saturated rings. The SMILES string of the molecule is Cc1cccc(Oc2cc(NC(=O)c3cc(C)nn3C)cc([N+](=O)[O-])c2)c1. The number of aromatic nitrogens is 2. The van der Waals surface area contributed by atoms with E-state index < -0.39 is 10.8 Å². The van der Waals surface area contributed by atoms with Crippen LogP contribution in [0.1, 0.15) is 21.7 Å². The second-order valence-corrected chi connectivity index (χ2v) is 6.14. The number of non-ortho nitro benzene ring substituents is 1. The fraction of sp³-hybridized carbons (Fsp3) is 0.158. The molecule has 3 aromatic rings. The van der Waals surface area contributed by atoms with Gasteiger partial charge in [0.1, 0.15) is 17.2 Å². The van der Waals surface area contributed by atoms with Gasteiger partial charge in [0.25, 0.3) is 11.6 Å². The van der Waals surface area contributed by atoms with E-state index in [0.29, 0.717) is 17.1 Å². The van der Waals surface area contributed by atoms with E-state index in [2.05, 4.69) is 10.4 Å². The molecule has 0 radical (unpaired) electrons. The van der Waals surface area contributed by atoms with Gasteiger partial charge in [0.05, 0.1) is 22.4 Å². The maximum atomic E-state index is 12.5. The first kappa shape index (κ1) is 18.1. The fourth-order valence-electron chi connectivity index (χ4n) is 2.65. The van der Waals surface area contributed by atoms with Crippen LogP contribution >= 0.6 is 0 Å².